The van der Waals surface area contributed by atoms with Crippen molar-refractivity contribution in [1.82, 2.24) is 25.3 Å². The Morgan fingerprint density at radius 3 is 2.67 bits per heavy atom. The number of carbonyl (C=O) groups excluding carboxylic acids is 2. The van der Waals surface area contributed by atoms with Gasteiger partial charge >= 0.3 is 0 Å². The minimum Gasteiger partial charge on any atom is -0.351 e. The first-order chi connectivity index (χ1) is 15.9. The highest BCUT2D eigenvalue weighted by Gasteiger charge is 2.49. The van der Waals surface area contributed by atoms with Gasteiger partial charge in [-0.2, -0.15) is 4.98 Å². The highest BCUT2D eigenvalue weighted by molar-refractivity contribution is 6.31. The second-order valence-corrected chi connectivity index (χ2v) is 10.2. The maximum absolute atomic E-state index is 12.8. The Morgan fingerprint density at radius 1 is 1.24 bits per heavy atom. The van der Waals surface area contributed by atoms with Gasteiger partial charge in [-0.15, -0.1) is 0 Å². The molecule has 176 valence electrons. The van der Waals surface area contributed by atoms with Gasteiger partial charge in [-0.05, 0) is 56.1 Å². The lowest BCUT2D eigenvalue weighted by atomic mass is 9.76. The SMILES string of the molecule is Cc1noc(C2CC3(CCN(C(=O)C4CC4)CC3)CN2CC(=O)NCc2ccccc2Cl)n1. The van der Waals surface area contributed by atoms with E-state index in [1.807, 2.05) is 29.2 Å². The van der Waals surface area contributed by atoms with E-state index in [1.165, 1.54) is 0 Å². The van der Waals surface area contributed by atoms with Crippen molar-refractivity contribution in [3.8, 4) is 0 Å². The summed E-state index contributed by atoms with van der Waals surface area (Å²) in [5, 5.41) is 7.61. The minimum atomic E-state index is -0.0945. The molecule has 1 spiro atoms. The zero-order valence-corrected chi connectivity index (χ0v) is 19.7. The number of nitrogens with zero attached hydrogens (tertiary/aromatic N) is 4. The third-order valence-corrected chi connectivity index (χ3v) is 7.65. The van der Waals surface area contributed by atoms with Gasteiger partial charge in [-0.3, -0.25) is 14.5 Å². The van der Waals surface area contributed by atoms with E-state index in [9.17, 15) is 9.59 Å². The van der Waals surface area contributed by atoms with Crippen molar-refractivity contribution in [2.75, 3.05) is 26.2 Å². The molecule has 3 aliphatic rings. The average molecular weight is 472 g/mol. The van der Waals surface area contributed by atoms with Crippen LogP contribution in [0.5, 0.6) is 0 Å². The molecule has 1 N–H and O–H groups in total. The summed E-state index contributed by atoms with van der Waals surface area (Å²) in [4.78, 5) is 34.0. The van der Waals surface area contributed by atoms with Crippen molar-refractivity contribution in [1.29, 1.82) is 0 Å². The van der Waals surface area contributed by atoms with E-state index in [4.69, 9.17) is 16.1 Å². The number of likely N-dealkylation sites (tertiary alicyclic amines) is 2. The molecule has 2 aliphatic heterocycles. The molecule has 2 aromatic rings. The molecule has 1 aromatic carbocycles. The van der Waals surface area contributed by atoms with Crippen LogP contribution in [-0.2, 0) is 16.1 Å². The lowest BCUT2D eigenvalue weighted by Gasteiger charge is -2.39. The summed E-state index contributed by atoms with van der Waals surface area (Å²) in [6.07, 6.45) is 4.81. The van der Waals surface area contributed by atoms with Gasteiger partial charge in [-0.1, -0.05) is 35.0 Å². The molecule has 1 atom stereocenters. The molecule has 9 heteroatoms. The van der Waals surface area contributed by atoms with Crippen molar-refractivity contribution >= 4 is 23.4 Å². The highest BCUT2D eigenvalue weighted by atomic mass is 35.5. The molecule has 1 aromatic heterocycles. The molecule has 3 fully saturated rings. The number of benzene rings is 1. The van der Waals surface area contributed by atoms with Crippen LogP contribution in [0.4, 0.5) is 0 Å². The number of rotatable bonds is 6. The molecule has 1 saturated carbocycles. The van der Waals surface area contributed by atoms with Crippen LogP contribution in [0.2, 0.25) is 5.02 Å². The molecule has 1 aliphatic carbocycles. The molecule has 8 nitrogen and oxygen atoms in total. The number of aryl methyl sites for hydroxylation is 1. The lowest BCUT2D eigenvalue weighted by Crippen LogP contribution is -2.45. The Morgan fingerprint density at radius 2 is 2.00 bits per heavy atom. The Balaban J connectivity index is 1.25. The molecule has 1 unspecified atom stereocenters. The van der Waals surface area contributed by atoms with Crippen LogP contribution >= 0.6 is 11.6 Å². The van der Waals surface area contributed by atoms with E-state index in [2.05, 4.69) is 20.4 Å². The van der Waals surface area contributed by atoms with Crippen molar-refractivity contribution in [3.63, 3.8) is 0 Å². The molecule has 5 rings (SSSR count). The predicted octanol–water partition coefficient (Wildman–Crippen LogP) is 3.11. The van der Waals surface area contributed by atoms with E-state index in [1.54, 1.807) is 6.92 Å². The fourth-order valence-electron chi connectivity index (χ4n) is 5.23. The minimum absolute atomic E-state index is 0.0520. The molecular formula is C24H30ClN5O3. The molecule has 2 saturated heterocycles. The summed E-state index contributed by atoms with van der Waals surface area (Å²) in [6.45, 7) is 4.81. The van der Waals surface area contributed by atoms with Gasteiger partial charge in [0.15, 0.2) is 5.82 Å². The van der Waals surface area contributed by atoms with Crippen LogP contribution < -0.4 is 5.32 Å². The number of hydrogen-bond donors (Lipinski definition) is 1. The van der Waals surface area contributed by atoms with Crippen molar-refractivity contribution in [3.05, 3.63) is 46.6 Å². The number of piperidine rings is 1. The quantitative estimate of drug-likeness (QED) is 0.696. The van der Waals surface area contributed by atoms with Gasteiger partial charge in [0.05, 0.1) is 12.6 Å². The third-order valence-electron chi connectivity index (χ3n) is 7.28. The highest BCUT2D eigenvalue weighted by Crippen LogP contribution is 2.49. The second-order valence-electron chi connectivity index (χ2n) is 9.77. The van der Waals surface area contributed by atoms with Crippen LogP contribution in [0, 0.1) is 18.3 Å². The number of amides is 2. The molecule has 3 heterocycles. The summed E-state index contributed by atoms with van der Waals surface area (Å²) in [5.74, 6) is 1.69. The molecular weight excluding hydrogens is 442 g/mol. The maximum Gasteiger partial charge on any atom is 0.244 e. The average Bonchev–Trinajstić information content (AvgIpc) is 3.48. The third kappa shape index (κ3) is 4.92. The fraction of sp³-hybridized carbons (Fsp3) is 0.583. The molecule has 2 amide bonds. The van der Waals surface area contributed by atoms with Crippen LogP contribution in [-0.4, -0.2) is 57.9 Å². The number of nitrogens with one attached hydrogen (secondary N) is 1. The predicted molar refractivity (Wildman–Crippen MR) is 122 cm³/mol. The van der Waals surface area contributed by atoms with Gasteiger partial charge in [0, 0.05) is 37.1 Å². The molecule has 33 heavy (non-hydrogen) atoms. The molecule has 0 radical (unpaired) electrons. The fourth-order valence-corrected chi connectivity index (χ4v) is 5.43. The van der Waals surface area contributed by atoms with Crippen LogP contribution in [0.1, 0.15) is 55.4 Å². The zero-order chi connectivity index (χ0) is 23.0. The summed E-state index contributed by atoms with van der Waals surface area (Å²) in [7, 11) is 0. The van der Waals surface area contributed by atoms with Gasteiger partial charge in [0.2, 0.25) is 17.7 Å². The lowest BCUT2D eigenvalue weighted by molar-refractivity contribution is -0.134. The van der Waals surface area contributed by atoms with E-state index in [-0.39, 0.29) is 29.8 Å². The standard InChI is InChI=1S/C24H30ClN5O3/c1-16-27-22(33-28-16)20-12-24(8-10-29(11-9-24)23(32)17-6-7-17)15-30(20)14-21(31)26-13-18-4-2-3-5-19(18)25/h2-5,17,20H,6-15H2,1H3,(H,26,31). The summed E-state index contributed by atoms with van der Waals surface area (Å²) in [5.41, 5.74) is 0.943. The Kier molecular flexibility index (Phi) is 6.14. The Labute approximate surface area is 198 Å². The summed E-state index contributed by atoms with van der Waals surface area (Å²) >= 11 is 6.22. The number of aromatic nitrogens is 2. The molecule has 0 bridgehead atoms. The normalized spacial score (nSPS) is 22.6. The first kappa shape index (κ1) is 22.3. The topological polar surface area (TPSA) is 91.6 Å². The van der Waals surface area contributed by atoms with Crippen LogP contribution in [0.15, 0.2) is 28.8 Å². The van der Waals surface area contributed by atoms with Gasteiger partial charge in [0.1, 0.15) is 0 Å². The Bertz CT molecular complexity index is 1030. The van der Waals surface area contributed by atoms with Crippen molar-refractivity contribution in [2.45, 2.75) is 51.6 Å². The van der Waals surface area contributed by atoms with Crippen molar-refractivity contribution < 1.29 is 14.1 Å². The van der Waals surface area contributed by atoms with Gasteiger partial charge < -0.3 is 14.7 Å². The number of carbonyl (C=O) groups is 2. The number of hydrogen-bond acceptors (Lipinski definition) is 6. The second kappa shape index (κ2) is 9.06. The van der Waals surface area contributed by atoms with E-state index < -0.39 is 0 Å². The zero-order valence-electron chi connectivity index (χ0n) is 18.9. The smallest absolute Gasteiger partial charge is 0.244 e. The Hall–Kier alpha value is -2.45. The van der Waals surface area contributed by atoms with Gasteiger partial charge in [-0.25, -0.2) is 0 Å². The van der Waals surface area contributed by atoms with Crippen LogP contribution in [0.25, 0.3) is 0 Å². The first-order valence-electron chi connectivity index (χ1n) is 11.8. The van der Waals surface area contributed by atoms with Crippen LogP contribution in [0.3, 0.4) is 0 Å². The van der Waals surface area contributed by atoms with Crippen molar-refractivity contribution in [2.24, 2.45) is 11.3 Å². The monoisotopic (exact) mass is 471 g/mol. The maximum atomic E-state index is 12.8. The van der Waals surface area contributed by atoms with E-state index in [0.29, 0.717) is 29.2 Å². The number of halogens is 1. The van der Waals surface area contributed by atoms with E-state index in [0.717, 1.165) is 57.3 Å². The first-order valence-corrected chi connectivity index (χ1v) is 12.1. The summed E-state index contributed by atoms with van der Waals surface area (Å²) < 4.78 is 5.52. The van der Waals surface area contributed by atoms with E-state index >= 15 is 0 Å². The summed E-state index contributed by atoms with van der Waals surface area (Å²) in [6, 6.07) is 7.42. The van der Waals surface area contributed by atoms with Gasteiger partial charge in [0.25, 0.3) is 0 Å². The largest absolute Gasteiger partial charge is 0.351 e.